The zero-order valence-corrected chi connectivity index (χ0v) is 11.1. The van der Waals surface area contributed by atoms with E-state index >= 15 is 0 Å². The van der Waals surface area contributed by atoms with Crippen LogP contribution in [0.2, 0.25) is 0 Å². The van der Waals surface area contributed by atoms with Crippen LogP contribution in [0, 0.1) is 11.7 Å². The van der Waals surface area contributed by atoms with Crippen LogP contribution in [0.5, 0.6) is 0 Å². The molecule has 0 amide bonds. The third-order valence-corrected chi connectivity index (χ3v) is 3.19. The number of ether oxygens (including phenoxy) is 1. The van der Waals surface area contributed by atoms with Crippen molar-refractivity contribution in [3.8, 4) is 0 Å². The number of rotatable bonds is 6. The molecule has 0 aliphatic heterocycles. The molecule has 0 N–H and O–H groups in total. The monoisotopic (exact) mass is 328 g/mol. The van der Waals surface area contributed by atoms with Crippen LogP contribution in [0.15, 0.2) is 24.3 Å². The Morgan fingerprint density at radius 3 is 2.28 bits per heavy atom. The van der Waals surface area contributed by atoms with Gasteiger partial charge in [0.15, 0.2) is 0 Å². The molecule has 1 rings (SSSR count). The van der Waals surface area contributed by atoms with Crippen LogP contribution < -0.4 is 0 Å². The summed E-state index contributed by atoms with van der Waals surface area (Å²) in [7, 11) is 0. The largest absolute Gasteiger partial charge is 0.411 e. The summed E-state index contributed by atoms with van der Waals surface area (Å²) in [6.45, 7) is -1.22. The van der Waals surface area contributed by atoms with Crippen LogP contribution in [-0.4, -0.2) is 24.7 Å². The van der Waals surface area contributed by atoms with E-state index in [2.05, 4.69) is 20.7 Å². The number of alkyl halides is 4. The highest BCUT2D eigenvalue weighted by Gasteiger charge is 2.27. The zero-order valence-electron chi connectivity index (χ0n) is 9.51. The Bertz CT molecular complexity index is 350. The molecular weight excluding hydrogens is 316 g/mol. The number of halogens is 5. The van der Waals surface area contributed by atoms with Gasteiger partial charge >= 0.3 is 6.18 Å². The summed E-state index contributed by atoms with van der Waals surface area (Å²) in [5, 5.41) is 0.530. The molecule has 1 aromatic rings. The Balaban J connectivity index is 2.40. The summed E-state index contributed by atoms with van der Waals surface area (Å²) in [4.78, 5) is 0. The van der Waals surface area contributed by atoms with E-state index in [0.717, 1.165) is 5.56 Å². The van der Waals surface area contributed by atoms with Crippen LogP contribution >= 0.6 is 15.9 Å². The molecule has 0 aliphatic rings. The highest BCUT2D eigenvalue weighted by molar-refractivity contribution is 9.09. The summed E-state index contributed by atoms with van der Waals surface area (Å²) in [5.74, 6) is -0.403. The van der Waals surface area contributed by atoms with Gasteiger partial charge in [-0.05, 0) is 30.0 Å². The first-order valence-corrected chi connectivity index (χ1v) is 6.48. The van der Waals surface area contributed by atoms with Crippen LogP contribution in [0.3, 0.4) is 0 Å². The molecule has 0 radical (unpaired) electrons. The quantitative estimate of drug-likeness (QED) is 0.567. The van der Waals surface area contributed by atoms with E-state index in [1.54, 1.807) is 12.1 Å². The van der Waals surface area contributed by atoms with Crippen molar-refractivity contribution in [1.82, 2.24) is 0 Å². The highest BCUT2D eigenvalue weighted by Crippen LogP contribution is 2.17. The summed E-state index contributed by atoms with van der Waals surface area (Å²) in [6.07, 6.45) is -3.75. The molecular formula is C12H13BrF4O. The Hall–Kier alpha value is -0.620. The third kappa shape index (κ3) is 6.35. The van der Waals surface area contributed by atoms with E-state index in [0.29, 0.717) is 11.8 Å². The molecule has 0 saturated carbocycles. The fourth-order valence-corrected chi connectivity index (χ4v) is 1.87. The fourth-order valence-electron chi connectivity index (χ4n) is 1.45. The number of hydrogen-bond donors (Lipinski definition) is 0. The van der Waals surface area contributed by atoms with Crippen molar-refractivity contribution in [3.05, 3.63) is 35.6 Å². The smallest absolute Gasteiger partial charge is 0.372 e. The predicted molar refractivity (Wildman–Crippen MR) is 64.3 cm³/mol. The first-order valence-electron chi connectivity index (χ1n) is 5.35. The molecule has 0 fully saturated rings. The molecule has 1 unspecified atom stereocenters. The first kappa shape index (κ1) is 15.4. The number of benzene rings is 1. The second kappa shape index (κ2) is 7.09. The lowest BCUT2D eigenvalue weighted by Gasteiger charge is -2.15. The summed E-state index contributed by atoms with van der Waals surface area (Å²) >= 11 is 3.23. The van der Waals surface area contributed by atoms with Crippen molar-refractivity contribution in [2.75, 3.05) is 18.5 Å². The maximum absolute atomic E-state index is 12.7. The Kier molecular flexibility index (Phi) is 6.08. The van der Waals surface area contributed by atoms with E-state index in [-0.39, 0.29) is 18.3 Å². The Labute approximate surface area is 111 Å². The minimum Gasteiger partial charge on any atom is -0.372 e. The van der Waals surface area contributed by atoms with Crippen LogP contribution in [0.25, 0.3) is 0 Å². The molecule has 0 aromatic heterocycles. The van der Waals surface area contributed by atoms with Crippen molar-refractivity contribution in [1.29, 1.82) is 0 Å². The van der Waals surface area contributed by atoms with Gasteiger partial charge in [-0.15, -0.1) is 0 Å². The van der Waals surface area contributed by atoms with Gasteiger partial charge in [0.05, 0.1) is 6.61 Å². The summed E-state index contributed by atoms with van der Waals surface area (Å²) < 4.78 is 53.0. The predicted octanol–water partition coefficient (Wildman–Crippen LogP) is 3.96. The first-order chi connectivity index (χ1) is 8.40. The van der Waals surface area contributed by atoms with Crippen molar-refractivity contribution in [2.45, 2.75) is 12.6 Å². The molecule has 0 spiro atoms. The number of hydrogen-bond acceptors (Lipinski definition) is 1. The van der Waals surface area contributed by atoms with Crippen molar-refractivity contribution in [2.24, 2.45) is 5.92 Å². The van der Waals surface area contributed by atoms with Crippen molar-refractivity contribution >= 4 is 15.9 Å². The molecule has 1 aromatic carbocycles. The molecule has 0 aliphatic carbocycles. The lowest BCUT2D eigenvalue weighted by atomic mass is 10.0. The van der Waals surface area contributed by atoms with Gasteiger partial charge in [0, 0.05) is 5.33 Å². The lowest BCUT2D eigenvalue weighted by Crippen LogP contribution is -2.22. The second-order valence-corrected chi connectivity index (χ2v) is 4.63. The second-order valence-electron chi connectivity index (χ2n) is 3.98. The third-order valence-electron chi connectivity index (χ3n) is 2.28. The molecule has 18 heavy (non-hydrogen) atoms. The van der Waals surface area contributed by atoms with Gasteiger partial charge in [-0.1, -0.05) is 28.1 Å². The van der Waals surface area contributed by atoms with Crippen LogP contribution in [0.4, 0.5) is 17.6 Å². The Morgan fingerprint density at radius 2 is 1.78 bits per heavy atom. The minimum atomic E-state index is -4.30. The van der Waals surface area contributed by atoms with Crippen LogP contribution in [0.1, 0.15) is 5.56 Å². The van der Waals surface area contributed by atoms with E-state index in [9.17, 15) is 17.6 Å². The molecule has 1 nitrogen and oxygen atoms in total. The molecule has 1 atom stereocenters. The van der Waals surface area contributed by atoms with Gasteiger partial charge in [-0.25, -0.2) is 4.39 Å². The van der Waals surface area contributed by atoms with Crippen molar-refractivity contribution in [3.63, 3.8) is 0 Å². The lowest BCUT2D eigenvalue weighted by molar-refractivity contribution is -0.176. The van der Waals surface area contributed by atoms with E-state index in [1.807, 2.05) is 0 Å². The fraction of sp³-hybridized carbons (Fsp3) is 0.500. The molecule has 0 saturated heterocycles. The molecule has 6 heteroatoms. The van der Waals surface area contributed by atoms with Gasteiger partial charge in [0.2, 0.25) is 0 Å². The van der Waals surface area contributed by atoms with Gasteiger partial charge in [-0.3, -0.25) is 0 Å². The topological polar surface area (TPSA) is 9.23 Å². The van der Waals surface area contributed by atoms with Gasteiger partial charge in [0.25, 0.3) is 0 Å². The van der Waals surface area contributed by atoms with E-state index < -0.39 is 12.8 Å². The molecule has 102 valence electrons. The summed E-state index contributed by atoms with van der Waals surface area (Å²) in [6, 6.07) is 5.90. The van der Waals surface area contributed by atoms with Gasteiger partial charge in [0.1, 0.15) is 12.4 Å². The normalized spacial score (nSPS) is 13.6. The maximum atomic E-state index is 12.7. The maximum Gasteiger partial charge on any atom is 0.411 e. The summed E-state index contributed by atoms with van der Waals surface area (Å²) in [5.41, 5.74) is 0.872. The average molecular weight is 329 g/mol. The highest BCUT2D eigenvalue weighted by atomic mass is 79.9. The molecule has 0 heterocycles. The van der Waals surface area contributed by atoms with Crippen LogP contribution in [-0.2, 0) is 11.2 Å². The molecule has 0 bridgehead atoms. The van der Waals surface area contributed by atoms with Gasteiger partial charge in [-0.2, -0.15) is 13.2 Å². The standard InChI is InChI=1S/C12H13BrF4O/c13-6-10(7-18-8-12(15,16)17)5-9-1-3-11(14)4-2-9/h1-4,10H,5-8H2. The minimum absolute atomic E-state index is 0.0160. The zero-order chi connectivity index (χ0) is 13.6. The van der Waals surface area contributed by atoms with Crippen molar-refractivity contribution < 1.29 is 22.3 Å². The average Bonchev–Trinajstić information content (AvgIpc) is 2.29. The SMILES string of the molecule is Fc1ccc(CC(CBr)COCC(F)(F)F)cc1. The Morgan fingerprint density at radius 1 is 1.17 bits per heavy atom. The van der Waals surface area contributed by atoms with E-state index in [4.69, 9.17) is 0 Å². The van der Waals surface area contributed by atoms with E-state index in [1.165, 1.54) is 12.1 Å². The van der Waals surface area contributed by atoms with Gasteiger partial charge < -0.3 is 4.74 Å².